The van der Waals surface area contributed by atoms with E-state index in [1.54, 1.807) is 6.08 Å². The van der Waals surface area contributed by atoms with Gasteiger partial charge >= 0.3 is 0 Å². The van der Waals surface area contributed by atoms with Crippen molar-refractivity contribution in [3.05, 3.63) is 24.1 Å². The first-order valence-electron chi connectivity index (χ1n) is 3.72. The van der Waals surface area contributed by atoms with Crippen LogP contribution in [0.3, 0.4) is 0 Å². The van der Waals surface area contributed by atoms with Crippen LogP contribution < -0.4 is 0 Å². The van der Waals surface area contributed by atoms with Crippen molar-refractivity contribution in [2.75, 3.05) is 0 Å². The molecule has 0 saturated heterocycles. The van der Waals surface area contributed by atoms with E-state index < -0.39 is 0 Å². The summed E-state index contributed by atoms with van der Waals surface area (Å²) in [4.78, 5) is 10.6. The number of hydrogen-bond donors (Lipinski definition) is 0. The first-order chi connectivity index (χ1) is 5.18. The molecule has 0 amide bonds. The van der Waals surface area contributed by atoms with Gasteiger partial charge in [-0.05, 0) is 31.4 Å². The molecule has 1 aliphatic rings. The summed E-state index contributed by atoms with van der Waals surface area (Å²) in [6.45, 7) is 1.53. The Bertz CT molecular complexity index is 216. The van der Waals surface area contributed by atoms with Crippen LogP contribution in [0, 0.1) is 5.92 Å². The summed E-state index contributed by atoms with van der Waals surface area (Å²) in [6.07, 6.45) is 5.96. The highest BCUT2D eigenvalue weighted by molar-refractivity contribution is 5.76. The number of allylic oxidation sites excluding steroid dienone is 4. The van der Waals surface area contributed by atoms with Crippen LogP contribution >= 0.6 is 0 Å². The Balaban J connectivity index is 2.50. The van der Waals surface area contributed by atoms with Crippen LogP contribution in [0.4, 0.5) is 4.39 Å². The van der Waals surface area contributed by atoms with Gasteiger partial charge in [0.2, 0.25) is 0 Å². The summed E-state index contributed by atoms with van der Waals surface area (Å²) in [5.74, 6) is -0.0191. The van der Waals surface area contributed by atoms with Crippen molar-refractivity contribution in [2.24, 2.45) is 5.92 Å². The van der Waals surface area contributed by atoms with Crippen LogP contribution in [0.5, 0.6) is 0 Å². The van der Waals surface area contributed by atoms with Gasteiger partial charge in [-0.2, -0.15) is 0 Å². The zero-order chi connectivity index (χ0) is 8.27. The van der Waals surface area contributed by atoms with Crippen molar-refractivity contribution < 1.29 is 9.18 Å². The van der Waals surface area contributed by atoms with E-state index in [9.17, 15) is 9.18 Å². The molecule has 0 saturated carbocycles. The second kappa shape index (κ2) is 3.46. The molecule has 0 aromatic rings. The maximum atomic E-state index is 12.5. The van der Waals surface area contributed by atoms with Gasteiger partial charge < -0.3 is 4.79 Å². The summed E-state index contributed by atoms with van der Waals surface area (Å²) in [7, 11) is 0. The van der Waals surface area contributed by atoms with E-state index in [2.05, 4.69) is 0 Å². The average molecular weight is 154 g/mol. The molecule has 1 rings (SSSR count). The molecule has 2 heteroatoms. The highest BCUT2D eigenvalue weighted by Crippen LogP contribution is 2.20. The summed E-state index contributed by atoms with van der Waals surface area (Å²) in [5, 5.41) is 0. The topological polar surface area (TPSA) is 17.1 Å². The Morgan fingerprint density at radius 3 is 3.09 bits per heavy atom. The third kappa shape index (κ3) is 2.66. The molecule has 0 aromatic carbocycles. The molecule has 0 N–H and O–H groups in total. The fourth-order valence-corrected chi connectivity index (χ4v) is 1.22. The third-order valence-corrected chi connectivity index (χ3v) is 1.66. The van der Waals surface area contributed by atoms with Crippen molar-refractivity contribution in [3.8, 4) is 0 Å². The Morgan fingerprint density at radius 2 is 2.55 bits per heavy atom. The summed E-state index contributed by atoms with van der Waals surface area (Å²) in [5.41, 5.74) is 0. The highest BCUT2D eigenvalue weighted by atomic mass is 19.1. The lowest BCUT2D eigenvalue weighted by molar-refractivity contribution is -0.117. The largest absolute Gasteiger partial charge is 0.300 e. The van der Waals surface area contributed by atoms with Crippen LogP contribution in [0.15, 0.2) is 24.1 Å². The van der Waals surface area contributed by atoms with Crippen molar-refractivity contribution in [3.63, 3.8) is 0 Å². The van der Waals surface area contributed by atoms with E-state index in [4.69, 9.17) is 0 Å². The molecule has 60 valence electrons. The van der Waals surface area contributed by atoms with Crippen LogP contribution in [0.25, 0.3) is 0 Å². The number of ketones is 1. The first-order valence-corrected chi connectivity index (χ1v) is 3.72. The molecule has 1 nitrogen and oxygen atoms in total. The molecule has 0 aliphatic heterocycles. The molecule has 0 heterocycles. The van der Waals surface area contributed by atoms with Gasteiger partial charge in [-0.1, -0.05) is 6.08 Å². The van der Waals surface area contributed by atoms with Crippen molar-refractivity contribution in [1.29, 1.82) is 0 Å². The maximum absolute atomic E-state index is 12.5. The standard InChI is InChI=1S/C9H11FO/c1-7(11)5-8-3-2-4-9(10)6-8/h2,4,6,8H,3,5H2,1H3. The monoisotopic (exact) mass is 154 g/mol. The molecule has 0 aromatic heterocycles. The van der Waals surface area contributed by atoms with E-state index >= 15 is 0 Å². The predicted molar refractivity (Wildman–Crippen MR) is 41.7 cm³/mol. The van der Waals surface area contributed by atoms with Crippen molar-refractivity contribution in [1.82, 2.24) is 0 Å². The van der Waals surface area contributed by atoms with Gasteiger partial charge in [-0.3, -0.25) is 0 Å². The van der Waals surface area contributed by atoms with Crippen LogP contribution in [-0.2, 0) is 4.79 Å². The smallest absolute Gasteiger partial charge is 0.130 e. The van der Waals surface area contributed by atoms with Gasteiger partial charge in [-0.15, -0.1) is 0 Å². The number of hydrogen-bond acceptors (Lipinski definition) is 1. The van der Waals surface area contributed by atoms with Gasteiger partial charge in [0.15, 0.2) is 0 Å². The van der Waals surface area contributed by atoms with Gasteiger partial charge in [0.1, 0.15) is 11.6 Å². The van der Waals surface area contributed by atoms with Gasteiger partial charge in [0.05, 0.1) is 0 Å². The number of rotatable bonds is 2. The maximum Gasteiger partial charge on any atom is 0.130 e. The van der Waals surface area contributed by atoms with E-state index in [0.29, 0.717) is 6.42 Å². The van der Waals surface area contributed by atoms with Crippen LogP contribution in [-0.4, -0.2) is 5.78 Å². The Morgan fingerprint density at radius 1 is 1.82 bits per heavy atom. The van der Waals surface area contributed by atoms with Gasteiger partial charge in [-0.25, -0.2) is 4.39 Å². The summed E-state index contributed by atoms with van der Waals surface area (Å²) in [6, 6.07) is 0. The number of carbonyl (C=O) groups is 1. The van der Waals surface area contributed by atoms with Gasteiger partial charge in [0, 0.05) is 6.42 Å². The molecule has 1 unspecified atom stereocenters. The Kier molecular flexibility index (Phi) is 2.58. The number of halogens is 1. The van der Waals surface area contributed by atoms with E-state index in [-0.39, 0.29) is 17.5 Å². The summed E-state index contributed by atoms with van der Waals surface area (Å²) < 4.78 is 12.5. The molecular weight excluding hydrogens is 143 g/mol. The van der Waals surface area contributed by atoms with E-state index in [0.717, 1.165) is 6.42 Å². The van der Waals surface area contributed by atoms with Crippen LogP contribution in [0.1, 0.15) is 19.8 Å². The minimum Gasteiger partial charge on any atom is -0.300 e. The zero-order valence-electron chi connectivity index (χ0n) is 6.51. The predicted octanol–water partition coefficient (Wildman–Crippen LogP) is 2.40. The van der Waals surface area contributed by atoms with E-state index in [1.807, 2.05) is 0 Å². The molecular formula is C9H11FO. The lowest BCUT2D eigenvalue weighted by Gasteiger charge is -2.10. The second-order valence-electron chi connectivity index (χ2n) is 2.86. The summed E-state index contributed by atoms with van der Waals surface area (Å²) >= 11 is 0. The molecule has 0 spiro atoms. The normalized spacial score (nSPS) is 23.1. The average Bonchev–Trinajstić information content (AvgIpc) is 1.85. The lowest BCUT2D eigenvalue weighted by Crippen LogP contribution is -2.04. The molecule has 0 bridgehead atoms. The Labute approximate surface area is 65.6 Å². The first kappa shape index (κ1) is 8.18. The quantitative estimate of drug-likeness (QED) is 0.596. The molecule has 1 aliphatic carbocycles. The zero-order valence-corrected chi connectivity index (χ0v) is 6.51. The SMILES string of the molecule is CC(=O)CC1C=C(F)C=CC1. The lowest BCUT2D eigenvalue weighted by atomic mass is 9.95. The molecule has 1 atom stereocenters. The second-order valence-corrected chi connectivity index (χ2v) is 2.86. The molecule has 0 fully saturated rings. The van der Waals surface area contributed by atoms with Crippen LogP contribution in [0.2, 0.25) is 0 Å². The number of Topliss-reactive ketones (excluding diaryl/α,β-unsaturated/α-hetero) is 1. The Hall–Kier alpha value is -0.920. The van der Waals surface area contributed by atoms with Gasteiger partial charge in [0.25, 0.3) is 0 Å². The minimum absolute atomic E-state index is 0.0810. The van der Waals surface area contributed by atoms with Crippen molar-refractivity contribution in [2.45, 2.75) is 19.8 Å². The molecule has 11 heavy (non-hydrogen) atoms. The highest BCUT2D eigenvalue weighted by Gasteiger charge is 2.10. The third-order valence-electron chi connectivity index (χ3n) is 1.66. The van der Waals surface area contributed by atoms with E-state index in [1.165, 1.54) is 19.1 Å². The molecule has 0 radical (unpaired) electrons. The fraction of sp³-hybridized carbons (Fsp3) is 0.444. The minimum atomic E-state index is -0.220. The van der Waals surface area contributed by atoms with Crippen molar-refractivity contribution >= 4 is 5.78 Å². The number of carbonyl (C=O) groups excluding carboxylic acids is 1. The fourth-order valence-electron chi connectivity index (χ4n) is 1.22.